The highest BCUT2D eigenvalue weighted by atomic mass is 31.1. The molecule has 62 valence electrons. The van der Waals surface area contributed by atoms with E-state index in [4.69, 9.17) is 7.85 Å². The maximum Gasteiger partial charge on any atom is 0.127 e. The monoisotopic (exact) mass is 192 g/mol. The first-order valence-corrected chi connectivity index (χ1v) is 4.65. The Kier molecular flexibility index (Phi) is 8.12. The average molecular weight is 192 g/mol. The first-order chi connectivity index (χ1) is 6.81. The smallest absolute Gasteiger partial charge is 0.0687 e. The SMILES string of the molecule is [B]C(=C=C=C=C=C)PC=C=C=C=C=C. The van der Waals surface area contributed by atoms with E-state index in [2.05, 4.69) is 59.0 Å². The van der Waals surface area contributed by atoms with E-state index in [-0.39, 0.29) is 8.58 Å². The second-order valence-electron chi connectivity index (χ2n) is 1.83. The van der Waals surface area contributed by atoms with E-state index in [1.165, 1.54) is 0 Å². The van der Waals surface area contributed by atoms with Gasteiger partial charge in [0.2, 0.25) is 0 Å². The Balaban J connectivity index is 4.76. The summed E-state index contributed by atoms with van der Waals surface area (Å²) in [5.74, 6) is 1.71. The zero-order chi connectivity index (χ0) is 10.6. The standard InChI is InChI=1S/C12H6BP/c1-3-5-7-9-11-14-12(13)10-8-6-4-2/h11,14H,1-2H2. The first-order valence-electron chi connectivity index (χ1n) is 3.57. The van der Waals surface area contributed by atoms with Crippen LogP contribution in [0.1, 0.15) is 0 Å². The molecule has 0 aliphatic rings. The normalized spacial score (nSPS) is 6.29. The Labute approximate surface area is 86.9 Å². The molecule has 0 aromatic carbocycles. The van der Waals surface area contributed by atoms with Gasteiger partial charge in [-0.15, -0.1) is 0 Å². The summed E-state index contributed by atoms with van der Waals surface area (Å²) < 4.78 is 0. The van der Waals surface area contributed by atoms with Crippen molar-refractivity contribution in [2.75, 3.05) is 0 Å². The summed E-state index contributed by atoms with van der Waals surface area (Å²) in [5, 5.41) is 0.546. The molecule has 0 aromatic heterocycles. The molecule has 1 unspecified atom stereocenters. The van der Waals surface area contributed by atoms with Gasteiger partial charge in [-0.05, 0) is 47.1 Å². The Bertz CT molecular complexity index is 505. The molecule has 0 nitrogen and oxygen atoms in total. The molecule has 0 heterocycles. The average Bonchev–Trinajstić information content (AvgIpc) is 2.18. The largest absolute Gasteiger partial charge is 0.127 e. The Morgan fingerprint density at radius 1 is 1.07 bits per heavy atom. The van der Waals surface area contributed by atoms with Crippen LogP contribution in [0.15, 0.2) is 70.0 Å². The van der Waals surface area contributed by atoms with Gasteiger partial charge in [-0.25, -0.2) is 0 Å². The Morgan fingerprint density at radius 2 is 1.71 bits per heavy atom. The van der Waals surface area contributed by atoms with Crippen LogP contribution in [0, 0.1) is 0 Å². The highest BCUT2D eigenvalue weighted by Gasteiger charge is 1.78. The van der Waals surface area contributed by atoms with Gasteiger partial charge in [0, 0.05) is 0 Å². The Hall–Kier alpha value is -1.79. The zero-order valence-corrected chi connectivity index (χ0v) is 8.57. The molecule has 0 N–H and O–H groups in total. The number of rotatable bonds is 2. The molecule has 0 aliphatic carbocycles. The van der Waals surface area contributed by atoms with Crippen LogP contribution in [0.25, 0.3) is 0 Å². The van der Waals surface area contributed by atoms with Gasteiger partial charge >= 0.3 is 0 Å². The summed E-state index contributed by atoms with van der Waals surface area (Å²) >= 11 is 0. The maximum absolute atomic E-state index is 5.55. The third-order valence-electron chi connectivity index (χ3n) is 0.871. The molecule has 0 spiro atoms. The number of hydrogen-bond acceptors (Lipinski definition) is 0. The van der Waals surface area contributed by atoms with Gasteiger partial charge in [0.1, 0.15) is 7.85 Å². The molecular weight excluding hydrogens is 186 g/mol. The van der Waals surface area contributed by atoms with E-state index in [1.807, 2.05) is 0 Å². The van der Waals surface area contributed by atoms with Crippen LogP contribution in [0.5, 0.6) is 0 Å². The van der Waals surface area contributed by atoms with Gasteiger partial charge in [0.15, 0.2) is 0 Å². The number of hydrogen-bond donors (Lipinski definition) is 0. The third-order valence-corrected chi connectivity index (χ3v) is 1.60. The van der Waals surface area contributed by atoms with Crippen molar-refractivity contribution in [3.05, 3.63) is 70.0 Å². The van der Waals surface area contributed by atoms with Gasteiger partial charge in [0.25, 0.3) is 0 Å². The van der Waals surface area contributed by atoms with E-state index in [9.17, 15) is 0 Å². The molecule has 0 amide bonds. The lowest BCUT2D eigenvalue weighted by atomic mass is 10.1. The second kappa shape index (κ2) is 9.30. The van der Waals surface area contributed by atoms with E-state index in [0.29, 0.717) is 5.21 Å². The fourth-order valence-corrected chi connectivity index (χ4v) is 0.844. The van der Waals surface area contributed by atoms with E-state index in [1.54, 1.807) is 5.82 Å². The molecular formula is C12H6BP. The lowest BCUT2D eigenvalue weighted by molar-refractivity contribution is 2.17. The molecule has 2 radical (unpaired) electrons. The molecule has 0 aliphatic heterocycles. The van der Waals surface area contributed by atoms with Crippen molar-refractivity contribution in [2.24, 2.45) is 0 Å². The molecule has 0 aromatic rings. The molecule has 0 saturated heterocycles. The predicted molar refractivity (Wildman–Crippen MR) is 61.5 cm³/mol. The lowest BCUT2D eigenvalue weighted by Crippen LogP contribution is -1.60. The summed E-state index contributed by atoms with van der Waals surface area (Å²) in [7, 11) is 5.82. The minimum Gasteiger partial charge on any atom is -0.0687 e. The van der Waals surface area contributed by atoms with Gasteiger partial charge in [-0.1, -0.05) is 31.5 Å². The van der Waals surface area contributed by atoms with Crippen molar-refractivity contribution in [3.8, 4) is 0 Å². The minimum atomic E-state index is 0.274. The van der Waals surface area contributed by atoms with Crippen molar-refractivity contribution in [1.29, 1.82) is 0 Å². The fraction of sp³-hybridized carbons (Fsp3) is 0. The lowest BCUT2D eigenvalue weighted by Gasteiger charge is -1.83. The van der Waals surface area contributed by atoms with E-state index < -0.39 is 0 Å². The van der Waals surface area contributed by atoms with Crippen LogP contribution < -0.4 is 0 Å². The van der Waals surface area contributed by atoms with Crippen molar-refractivity contribution >= 4 is 16.4 Å². The van der Waals surface area contributed by atoms with Crippen LogP contribution >= 0.6 is 8.58 Å². The molecule has 2 heteroatoms. The van der Waals surface area contributed by atoms with Gasteiger partial charge in [-0.3, -0.25) is 0 Å². The summed E-state index contributed by atoms with van der Waals surface area (Å²) in [6, 6.07) is 0. The van der Waals surface area contributed by atoms with E-state index in [0.717, 1.165) is 0 Å². The fourth-order valence-electron chi connectivity index (χ4n) is 0.409. The van der Waals surface area contributed by atoms with Crippen molar-refractivity contribution in [2.45, 2.75) is 0 Å². The highest BCUT2D eigenvalue weighted by Crippen LogP contribution is 2.18. The zero-order valence-electron chi connectivity index (χ0n) is 7.57. The van der Waals surface area contributed by atoms with Crippen molar-refractivity contribution in [1.82, 2.24) is 0 Å². The summed E-state index contributed by atoms with van der Waals surface area (Å²) in [6.45, 7) is 6.64. The third kappa shape index (κ3) is 8.31. The van der Waals surface area contributed by atoms with Crippen LogP contribution in [-0.4, -0.2) is 7.85 Å². The van der Waals surface area contributed by atoms with Gasteiger partial charge in [0.05, 0.1) is 0 Å². The molecule has 0 bridgehead atoms. The van der Waals surface area contributed by atoms with Crippen molar-refractivity contribution < 1.29 is 0 Å². The van der Waals surface area contributed by atoms with Gasteiger partial charge in [-0.2, -0.15) is 0 Å². The van der Waals surface area contributed by atoms with Crippen LogP contribution in [0.4, 0.5) is 0 Å². The quantitative estimate of drug-likeness (QED) is 0.358. The summed E-state index contributed by atoms with van der Waals surface area (Å²) in [4.78, 5) is 0. The molecule has 0 fully saturated rings. The predicted octanol–water partition coefficient (Wildman–Crippen LogP) is 2.69. The second-order valence-corrected chi connectivity index (χ2v) is 2.94. The summed E-state index contributed by atoms with van der Waals surface area (Å²) in [5.41, 5.74) is 20.3. The van der Waals surface area contributed by atoms with Crippen molar-refractivity contribution in [3.63, 3.8) is 0 Å². The first kappa shape index (κ1) is 12.2. The van der Waals surface area contributed by atoms with Crippen LogP contribution in [0.2, 0.25) is 0 Å². The molecule has 0 saturated carbocycles. The molecule has 14 heavy (non-hydrogen) atoms. The highest BCUT2D eigenvalue weighted by molar-refractivity contribution is 7.49. The summed E-state index contributed by atoms with van der Waals surface area (Å²) in [6.07, 6.45) is 0. The van der Waals surface area contributed by atoms with Crippen LogP contribution in [-0.2, 0) is 0 Å². The Morgan fingerprint density at radius 3 is 2.36 bits per heavy atom. The molecule has 1 atom stereocenters. The van der Waals surface area contributed by atoms with Gasteiger partial charge < -0.3 is 0 Å². The maximum atomic E-state index is 5.55. The minimum absolute atomic E-state index is 0.274. The van der Waals surface area contributed by atoms with Crippen LogP contribution in [0.3, 0.4) is 0 Å². The van der Waals surface area contributed by atoms with E-state index >= 15 is 0 Å². The topological polar surface area (TPSA) is 0 Å². The molecule has 0 rings (SSSR count).